The molecule has 0 bridgehead atoms. The minimum Gasteiger partial charge on any atom is -0.355 e. The molecule has 0 aromatic heterocycles. The Kier molecular flexibility index (Phi) is 5.09. The van der Waals surface area contributed by atoms with Crippen molar-refractivity contribution in [1.29, 1.82) is 0 Å². The van der Waals surface area contributed by atoms with Crippen molar-refractivity contribution < 1.29 is 49.0 Å². The molecule has 1 rings (SSSR count). The van der Waals surface area contributed by atoms with Crippen LogP contribution in [0.1, 0.15) is 19.3 Å². The normalized spacial score (nSPS) is 24.1. The summed E-state index contributed by atoms with van der Waals surface area (Å²) >= 11 is 0. The second-order valence-corrected chi connectivity index (χ2v) is 4.89. The average Bonchev–Trinajstić information content (AvgIpc) is 2.14. The first-order valence-electron chi connectivity index (χ1n) is 5.62. The van der Waals surface area contributed by atoms with Gasteiger partial charge in [-0.2, -0.15) is 39.5 Å². The lowest BCUT2D eigenvalue weighted by atomic mass is 9.74. The molecule has 0 spiro atoms. The number of rotatable bonds is 3. The maximum atomic E-state index is 12.5. The van der Waals surface area contributed by atoms with Crippen LogP contribution in [0.2, 0.25) is 0 Å². The fourth-order valence-corrected chi connectivity index (χ4v) is 2.32. The van der Waals surface area contributed by atoms with Crippen LogP contribution < -0.4 is 0 Å². The van der Waals surface area contributed by atoms with E-state index in [0.29, 0.717) is 0 Å². The van der Waals surface area contributed by atoms with E-state index < -0.39 is 62.7 Å². The van der Waals surface area contributed by atoms with Crippen molar-refractivity contribution in [2.45, 2.75) is 43.9 Å². The largest absolute Gasteiger partial charge is 0.391 e. The molecule has 0 amide bonds. The number of hydrogen-bond acceptors (Lipinski definition) is 2. The standard InChI is InChI=1S/C10H11F9O2/c11-8(12,13)1-6-7(2-9(14,15)16,3-10(17,18)19)4-20-5-21-6/h6H,1-5H2. The molecule has 0 aromatic carbocycles. The topological polar surface area (TPSA) is 18.5 Å². The maximum Gasteiger partial charge on any atom is 0.391 e. The highest BCUT2D eigenvalue weighted by Gasteiger charge is 2.57. The van der Waals surface area contributed by atoms with E-state index in [2.05, 4.69) is 9.47 Å². The molecule has 1 aliphatic rings. The van der Waals surface area contributed by atoms with Gasteiger partial charge in [0.15, 0.2) is 0 Å². The van der Waals surface area contributed by atoms with Crippen molar-refractivity contribution in [3.05, 3.63) is 0 Å². The van der Waals surface area contributed by atoms with E-state index in [0.717, 1.165) is 0 Å². The van der Waals surface area contributed by atoms with E-state index in [1.54, 1.807) is 0 Å². The van der Waals surface area contributed by atoms with Gasteiger partial charge in [0.25, 0.3) is 0 Å². The van der Waals surface area contributed by atoms with E-state index in [9.17, 15) is 39.5 Å². The maximum absolute atomic E-state index is 12.5. The monoisotopic (exact) mass is 334 g/mol. The predicted molar refractivity (Wildman–Crippen MR) is 50.1 cm³/mol. The molecule has 0 aliphatic carbocycles. The molecule has 1 saturated heterocycles. The number of ether oxygens (including phenoxy) is 2. The van der Waals surface area contributed by atoms with Crippen molar-refractivity contribution >= 4 is 0 Å². The molecule has 1 atom stereocenters. The molecule has 1 fully saturated rings. The summed E-state index contributed by atoms with van der Waals surface area (Å²) in [7, 11) is 0. The minimum atomic E-state index is -5.08. The van der Waals surface area contributed by atoms with Crippen LogP contribution in [0.25, 0.3) is 0 Å². The van der Waals surface area contributed by atoms with Crippen LogP contribution in [0.15, 0.2) is 0 Å². The Morgan fingerprint density at radius 2 is 1.29 bits per heavy atom. The Hall–Kier alpha value is -0.710. The SMILES string of the molecule is FC(F)(F)CC1OCOCC1(CC(F)(F)F)CC(F)(F)F. The smallest absolute Gasteiger partial charge is 0.355 e. The molecule has 0 saturated carbocycles. The highest BCUT2D eigenvalue weighted by Crippen LogP contribution is 2.49. The fourth-order valence-electron chi connectivity index (χ4n) is 2.32. The lowest BCUT2D eigenvalue weighted by Gasteiger charge is -2.44. The molecular weight excluding hydrogens is 323 g/mol. The first-order valence-corrected chi connectivity index (χ1v) is 5.62. The van der Waals surface area contributed by atoms with Gasteiger partial charge in [0.05, 0.1) is 32.0 Å². The van der Waals surface area contributed by atoms with Crippen molar-refractivity contribution in [3.63, 3.8) is 0 Å². The van der Waals surface area contributed by atoms with Crippen molar-refractivity contribution in [3.8, 4) is 0 Å². The van der Waals surface area contributed by atoms with Gasteiger partial charge >= 0.3 is 18.5 Å². The molecule has 1 aliphatic heterocycles. The number of hydrogen-bond donors (Lipinski definition) is 0. The summed E-state index contributed by atoms with van der Waals surface area (Å²) in [5, 5.41) is 0. The third-order valence-corrected chi connectivity index (χ3v) is 2.95. The summed E-state index contributed by atoms with van der Waals surface area (Å²) in [6.07, 6.45) is -23.4. The molecule has 0 radical (unpaired) electrons. The van der Waals surface area contributed by atoms with E-state index >= 15 is 0 Å². The van der Waals surface area contributed by atoms with Gasteiger partial charge in [0, 0.05) is 5.41 Å². The van der Waals surface area contributed by atoms with Gasteiger partial charge in [-0.05, 0) is 0 Å². The summed E-state index contributed by atoms with van der Waals surface area (Å²) in [4.78, 5) is 0. The molecule has 11 heteroatoms. The molecule has 0 aromatic rings. The summed E-state index contributed by atoms with van der Waals surface area (Å²) in [5.41, 5.74) is -2.84. The zero-order valence-electron chi connectivity index (χ0n) is 10.3. The van der Waals surface area contributed by atoms with E-state index in [1.807, 2.05) is 0 Å². The third-order valence-electron chi connectivity index (χ3n) is 2.95. The first-order chi connectivity index (χ1) is 9.23. The second-order valence-electron chi connectivity index (χ2n) is 4.89. The Morgan fingerprint density at radius 3 is 1.67 bits per heavy atom. The Bertz CT molecular complexity index is 328. The van der Waals surface area contributed by atoms with Crippen LogP contribution >= 0.6 is 0 Å². The van der Waals surface area contributed by atoms with Gasteiger partial charge in [-0.15, -0.1) is 0 Å². The highest BCUT2D eigenvalue weighted by atomic mass is 19.4. The minimum absolute atomic E-state index is 0.780. The van der Waals surface area contributed by atoms with Crippen LogP contribution in [-0.2, 0) is 9.47 Å². The molecule has 21 heavy (non-hydrogen) atoms. The van der Waals surface area contributed by atoms with Gasteiger partial charge in [-0.1, -0.05) is 0 Å². The summed E-state index contributed by atoms with van der Waals surface area (Å²) < 4.78 is 121. The molecule has 0 N–H and O–H groups in total. The first kappa shape index (κ1) is 18.3. The molecule has 1 unspecified atom stereocenters. The third kappa shape index (κ3) is 6.29. The van der Waals surface area contributed by atoms with Crippen molar-refractivity contribution in [1.82, 2.24) is 0 Å². The van der Waals surface area contributed by atoms with Crippen LogP contribution in [0.4, 0.5) is 39.5 Å². The molecular formula is C10H11F9O2. The van der Waals surface area contributed by atoms with Crippen molar-refractivity contribution in [2.24, 2.45) is 5.41 Å². The summed E-state index contributed by atoms with van der Waals surface area (Å²) in [6.45, 7) is -1.88. The van der Waals surface area contributed by atoms with Gasteiger partial charge < -0.3 is 9.47 Å². The van der Waals surface area contributed by atoms with Gasteiger partial charge in [0.1, 0.15) is 6.79 Å². The highest BCUT2D eigenvalue weighted by molar-refractivity contribution is 4.94. The Balaban J connectivity index is 3.09. The van der Waals surface area contributed by atoms with Crippen LogP contribution in [0.5, 0.6) is 0 Å². The van der Waals surface area contributed by atoms with Crippen LogP contribution in [0, 0.1) is 5.41 Å². The predicted octanol–water partition coefficient (Wildman–Crippen LogP) is 4.20. The van der Waals surface area contributed by atoms with Gasteiger partial charge in [-0.3, -0.25) is 0 Å². The second kappa shape index (κ2) is 5.82. The van der Waals surface area contributed by atoms with E-state index in [-0.39, 0.29) is 0 Å². The zero-order valence-corrected chi connectivity index (χ0v) is 10.3. The summed E-state index contributed by atoms with van der Waals surface area (Å²) in [6, 6.07) is 0. The zero-order chi connectivity index (χ0) is 16.5. The Morgan fingerprint density at radius 1 is 0.810 bits per heavy atom. The van der Waals surface area contributed by atoms with Crippen LogP contribution in [-0.4, -0.2) is 38.0 Å². The van der Waals surface area contributed by atoms with E-state index in [1.165, 1.54) is 0 Å². The number of halogens is 9. The molecule has 2 nitrogen and oxygen atoms in total. The fraction of sp³-hybridized carbons (Fsp3) is 1.00. The van der Waals surface area contributed by atoms with Crippen molar-refractivity contribution in [2.75, 3.05) is 13.4 Å². The average molecular weight is 334 g/mol. The lowest BCUT2D eigenvalue weighted by Crippen LogP contribution is -2.52. The van der Waals surface area contributed by atoms with E-state index in [4.69, 9.17) is 0 Å². The van der Waals surface area contributed by atoms with Gasteiger partial charge in [0.2, 0.25) is 0 Å². The lowest BCUT2D eigenvalue weighted by molar-refractivity contribution is -0.293. The molecule has 126 valence electrons. The van der Waals surface area contributed by atoms with Gasteiger partial charge in [-0.25, -0.2) is 0 Å². The Labute approximate surface area is 113 Å². The quantitative estimate of drug-likeness (QED) is 0.720. The van der Waals surface area contributed by atoms with Crippen LogP contribution in [0.3, 0.4) is 0 Å². The summed E-state index contributed by atoms with van der Waals surface area (Å²) in [5.74, 6) is 0. The molecule has 1 heterocycles. The number of alkyl halides is 9.